The van der Waals surface area contributed by atoms with Crippen molar-refractivity contribution in [2.45, 2.75) is 33.1 Å². The van der Waals surface area contributed by atoms with Crippen LogP contribution in [0.15, 0.2) is 11.6 Å². The third-order valence-electron chi connectivity index (χ3n) is 2.33. The molecule has 0 radical (unpaired) electrons. The van der Waals surface area contributed by atoms with Crippen molar-refractivity contribution in [3.63, 3.8) is 0 Å². The predicted octanol–water partition coefficient (Wildman–Crippen LogP) is 2.46. The van der Waals surface area contributed by atoms with E-state index in [1.54, 1.807) is 0 Å². The molecular formula is C11H17F2NO. The number of carbonyl (C=O) groups is 1. The lowest BCUT2D eigenvalue weighted by Crippen LogP contribution is -2.40. The number of hydrogen-bond acceptors (Lipinski definition) is 1. The summed E-state index contributed by atoms with van der Waals surface area (Å²) in [5.41, 5.74) is 1.07. The van der Waals surface area contributed by atoms with Crippen molar-refractivity contribution < 1.29 is 13.6 Å². The molecule has 15 heavy (non-hydrogen) atoms. The zero-order valence-corrected chi connectivity index (χ0v) is 9.39. The Labute approximate surface area is 88.9 Å². The molecule has 0 saturated carbocycles. The van der Waals surface area contributed by atoms with Gasteiger partial charge in [-0.3, -0.25) is 4.79 Å². The summed E-state index contributed by atoms with van der Waals surface area (Å²) in [5.74, 6) is -3.11. The molecule has 1 amide bonds. The lowest BCUT2D eigenvalue weighted by molar-refractivity contribution is -0.137. The molecule has 0 fully saturated rings. The lowest BCUT2D eigenvalue weighted by Gasteiger charge is -2.30. The van der Waals surface area contributed by atoms with E-state index in [9.17, 15) is 13.6 Å². The summed E-state index contributed by atoms with van der Waals surface area (Å²) < 4.78 is 25.3. The second kappa shape index (κ2) is 4.29. The number of rotatable bonds is 2. The standard InChI is InChI=1S/C11H17F2NO/c1-8-4-9(2)7-14(6-8)10(15)5-11(3,12)13/h4,8H,5-7H2,1-3H3/t8-/m1/s1. The molecule has 0 aromatic rings. The van der Waals surface area contributed by atoms with Gasteiger partial charge in [-0.1, -0.05) is 18.6 Å². The number of nitrogens with zero attached hydrogens (tertiary/aromatic N) is 1. The number of alkyl halides is 2. The maximum Gasteiger partial charge on any atom is 0.254 e. The molecule has 0 aliphatic carbocycles. The Morgan fingerprint density at radius 2 is 2.27 bits per heavy atom. The zero-order chi connectivity index (χ0) is 11.6. The molecule has 0 bridgehead atoms. The first-order valence-electron chi connectivity index (χ1n) is 5.11. The first-order valence-corrected chi connectivity index (χ1v) is 5.11. The molecule has 4 heteroatoms. The highest BCUT2D eigenvalue weighted by atomic mass is 19.3. The normalized spacial score (nSPS) is 22.6. The van der Waals surface area contributed by atoms with Crippen LogP contribution in [0.25, 0.3) is 0 Å². The van der Waals surface area contributed by atoms with E-state index in [2.05, 4.69) is 6.08 Å². The van der Waals surface area contributed by atoms with Crippen molar-refractivity contribution in [2.75, 3.05) is 13.1 Å². The van der Waals surface area contributed by atoms with Crippen LogP contribution in [0.2, 0.25) is 0 Å². The fourth-order valence-corrected chi connectivity index (χ4v) is 1.87. The minimum Gasteiger partial charge on any atom is -0.338 e. The van der Waals surface area contributed by atoms with Gasteiger partial charge < -0.3 is 4.90 Å². The van der Waals surface area contributed by atoms with Crippen LogP contribution in [-0.2, 0) is 4.79 Å². The molecule has 1 heterocycles. The van der Waals surface area contributed by atoms with Gasteiger partial charge in [0.1, 0.15) is 0 Å². The smallest absolute Gasteiger partial charge is 0.254 e. The molecule has 86 valence electrons. The SMILES string of the molecule is CC1=C[C@@H](C)CN(C(=O)CC(C)(F)F)C1. The highest BCUT2D eigenvalue weighted by Gasteiger charge is 2.30. The van der Waals surface area contributed by atoms with Crippen LogP contribution >= 0.6 is 0 Å². The van der Waals surface area contributed by atoms with Gasteiger partial charge in [0.15, 0.2) is 0 Å². The van der Waals surface area contributed by atoms with Gasteiger partial charge in [-0.15, -0.1) is 0 Å². The molecule has 2 nitrogen and oxygen atoms in total. The van der Waals surface area contributed by atoms with Crippen LogP contribution in [0.5, 0.6) is 0 Å². The molecule has 0 saturated heterocycles. The predicted molar refractivity (Wildman–Crippen MR) is 54.7 cm³/mol. The van der Waals surface area contributed by atoms with E-state index < -0.39 is 18.3 Å². The summed E-state index contributed by atoms with van der Waals surface area (Å²) >= 11 is 0. The quantitative estimate of drug-likeness (QED) is 0.651. The second-order valence-corrected chi connectivity index (χ2v) is 4.51. The van der Waals surface area contributed by atoms with E-state index in [4.69, 9.17) is 0 Å². The van der Waals surface area contributed by atoms with Crippen molar-refractivity contribution in [3.05, 3.63) is 11.6 Å². The van der Waals surface area contributed by atoms with Gasteiger partial charge in [0.25, 0.3) is 5.92 Å². The Morgan fingerprint density at radius 3 is 2.73 bits per heavy atom. The molecule has 1 rings (SSSR count). The van der Waals surface area contributed by atoms with Gasteiger partial charge in [0, 0.05) is 13.1 Å². The van der Waals surface area contributed by atoms with Gasteiger partial charge in [0.2, 0.25) is 5.91 Å². The summed E-state index contributed by atoms with van der Waals surface area (Å²) in [4.78, 5) is 13.0. The van der Waals surface area contributed by atoms with E-state index >= 15 is 0 Å². The number of hydrogen-bond donors (Lipinski definition) is 0. The van der Waals surface area contributed by atoms with Gasteiger partial charge in [-0.25, -0.2) is 8.78 Å². The largest absolute Gasteiger partial charge is 0.338 e. The molecule has 0 unspecified atom stereocenters. The van der Waals surface area contributed by atoms with E-state index in [1.165, 1.54) is 4.90 Å². The van der Waals surface area contributed by atoms with Crippen LogP contribution in [0.4, 0.5) is 8.78 Å². The molecule has 1 atom stereocenters. The van der Waals surface area contributed by atoms with E-state index in [1.807, 2.05) is 13.8 Å². The average molecular weight is 217 g/mol. The minimum atomic E-state index is -2.91. The fraction of sp³-hybridized carbons (Fsp3) is 0.727. The lowest BCUT2D eigenvalue weighted by atomic mass is 10.0. The van der Waals surface area contributed by atoms with Crippen molar-refractivity contribution in [2.24, 2.45) is 5.92 Å². The summed E-state index contributed by atoms with van der Waals surface area (Å²) in [6.07, 6.45) is 1.39. The second-order valence-electron chi connectivity index (χ2n) is 4.51. The average Bonchev–Trinajstić information content (AvgIpc) is 1.98. The van der Waals surface area contributed by atoms with Crippen molar-refractivity contribution in [3.8, 4) is 0 Å². The summed E-state index contributed by atoms with van der Waals surface area (Å²) in [7, 11) is 0. The molecule has 0 aromatic carbocycles. The molecule has 1 aliphatic heterocycles. The van der Waals surface area contributed by atoms with Gasteiger partial charge in [-0.05, 0) is 19.8 Å². The Kier molecular flexibility index (Phi) is 3.47. The third kappa shape index (κ3) is 3.98. The van der Waals surface area contributed by atoms with Crippen molar-refractivity contribution >= 4 is 5.91 Å². The minimum absolute atomic E-state index is 0.258. The first-order chi connectivity index (χ1) is 6.78. The van der Waals surface area contributed by atoms with Crippen molar-refractivity contribution in [1.82, 2.24) is 4.90 Å². The number of carbonyl (C=O) groups excluding carboxylic acids is 1. The Morgan fingerprint density at radius 1 is 1.67 bits per heavy atom. The summed E-state index contributed by atoms with van der Waals surface area (Å²) in [6.45, 7) is 5.71. The van der Waals surface area contributed by atoms with Crippen LogP contribution < -0.4 is 0 Å². The van der Waals surface area contributed by atoms with E-state index in [-0.39, 0.29) is 5.92 Å². The zero-order valence-electron chi connectivity index (χ0n) is 9.39. The van der Waals surface area contributed by atoms with Gasteiger partial charge >= 0.3 is 0 Å². The molecule has 0 spiro atoms. The third-order valence-corrected chi connectivity index (χ3v) is 2.33. The Bertz CT molecular complexity index is 281. The molecule has 0 aromatic heterocycles. The first kappa shape index (κ1) is 12.1. The van der Waals surface area contributed by atoms with E-state index in [0.29, 0.717) is 13.1 Å². The van der Waals surface area contributed by atoms with E-state index in [0.717, 1.165) is 12.5 Å². The maximum absolute atomic E-state index is 12.7. The monoisotopic (exact) mass is 217 g/mol. The van der Waals surface area contributed by atoms with Crippen LogP contribution in [0.1, 0.15) is 27.2 Å². The molecule has 1 aliphatic rings. The molecular weight excluding hydrogens is 200 g/mol. The van der Waals surface area contributed by atoms with Crippen LogP contribution in [-0.4, -0.2) is 29.8 Å². The maximum atomic E-state index is 12.7. The highest BCUT2D eigenvalue weighted by molar-refractivity contribution is 5.77. The van der Waals surface area contributed by atoms with Gasteiger partial charge in [0.05, 0.1) is 6.42 Å². The van der Waals surface area contributed by atoms with Crippen LogP contribution in [0.3, 0.4) is 0 Å². The fourth-order valence-electron chi connectivity index (χ4n) is 1.87. The number of amides is 1. The highest BCUT2D eigenvalue weighted by Crippen LogP contribution is 2.21. The molecule has 0 N–H and O–H groups in total. The van der Waals surface area contributed by atoms with Gasteiger partial charge in [-0.2, -0.15) is 0 Å². The number of halogens is 2. The Balaban J connectivity index is 2.59. The van der Waals surface area contributed by atoms with Crippen molar-refractivity contribution in [1.29, 1.82) is 0 Å². The summed E-state index contributed by atoms with van der Waals surface area (Å²) in [6, 6.07) is 0. The summed E-state index contributed by atoms with van der Waals surface area (Å²) in [5, 5.41) is 0. The topological polar surface area (TPSA) is 20.3 Å². The Hall–Kier alpha value is -0.930. The van der Waals surface area contributed by atoms with Crippen LogP contribution in [0, 0.1) is 5.92 Å².